The minimum Gasteiger partial charge on any atom is -0.497 e. The number of hydrogen-bond donors (Lipinski definition) is 2. The van der Waals surface area contributed by atoms with E-state index in [0.29, 0.717) is 41.1 Å². The van der Waals surface area contributed by atoms with Crippen LogP contribution < -0.4 is 4.74 Å². The quantitative estimate of drug-likeness (QED) is 0.227. The molecule has 6 unspecified atom stereocenters. The molecular formula is C46H61NO11. The smallest absolute Gasteiger partial charge is 0.413 e. The van der Waals surface area contributed by atoms with Crippen LogP contribution in [-0.4, -0.2) is 96.0 Å². The number of fused-ring (bicyclic) bond motifs is 5. The standard InChI is InChI=1S/C46H61NO11/c1-25-31(22-46(52)26(2)37-44(8)24-55-32(44)21-33(54-11)45(37,9)38(49)30(23-48)34(25)43(46,6)7)56-40(50)36-35(27-15-13-12-14-16-27)47(41(51)58-42(3,4)5)39(57-36)28-17-19-29(53-10)20-18-28/h12-20,26,30-33,35-37,39,48,52H,21-24H2,1-11H3/t26-,30-,31?,32?,33-,35?,36?,37+,39?,44?,45+,46-/m1/s1. The van der Waals surface area contributed by atoms with Crippen LogP contribution in [0.15, 0.2) is 65.7 Å². The molecule has 2 saturated heterocycles. The van der Waals surface area contributed by atoms with E-state index in [1.165, 1.54) is 4.90 Å². The molecule has 3 aliphatic carbocycles. The predicted octanol–water partition coefficient (Wildman–Crippen LogP) is 6.73. The monoisotopic (exact) mass is 803 g/mol. The maximum Gasteiger partial charge on any atom is 0.413 e. The van der Waals surface area contributed by atoms with Crippen molar-refractivity contribution in [2.45, 2.75) is 123 Å². The van der Waals surface area contributed by atoms with E-state index in [-0.39, 0.29) is 18.3 Å². The zero-order valence-corrected chi connectivity index (χ0v) is 35.7. The van der Waals surface area contributed by atoms with E-state index in [1.54, 1.807) is 59.3 Å². The topological polar surface area (TPSA) is 150 Å². The molecule has 2 aromatic rings. The van der Waals surface area contributed by atoms with Crippen molar-refractivity contribution in [2.24, 2.45) is 34.0 Å². The Morgan fingerprint density at radius 2 is 1.64 bits per heavy atom. The van der Waals surface area contributed by atoms with E-state index in [4.69, 9.17) is 28.4 Å². The summed E-state index contributed by atoms with van der Waals surface area (Å²) in [4.78, 5) is 45.8. The molecule has 58 heavy (non-hydrogen) atoms. The van der Waals surface area contributed by atoms with E-state index >= 15 is 4.79 Å². The highest BCUT2D eigenvalue weighted by atomic mass is 16.6. The van der Waals surface area contributed by atoms with E-state index < -0.39 is 94.5 Å². The number of rotatable bonds is 7. The third kappa shape index (κ3) is 6.31. The Kier molecular flexibility index (Phi) is 10.7. The van der Waals surface area contributed by atoms with Crippen LogP contribution in [0.1, 0.15) is 98.6 Å². The minimum absolute atomic E-state index is 0.0286. The molecular weight excluding hydrogens is 743 g/mol. The average Bonchev–Trinajstić information content (AvgIpc) is 3.58. The predicted molar refractivity (Wildman–Crippen MR) is 213 cm³/mol. The summed E-state index contributed by atoms with van der Waals surface area (Å²) in [7, 11) is 3.17. The van der Waals surface area contributed by atoms with Gasteiger partial charge in [-0.05, 0) is 75.3 Å². The molecule has 1 amide bonds. The van der Waals surface area contributed by atoms with Crippen molar-refractivity contribution in [3.63, 3.8) is 0 Å². The fraction of sp³-hybridized carbons (Fsp3) is 0.630. The lowest BCUT2D eigenvalue weighted by molar-refractivity contribution is -0.304. The van der Waals surface area contributed by atoms with Gasteiger partial charge in [0.2, 0.25) is 0 Å². The Labute approximate surface area is 342 Å². The first-order chi connectivity index (χ1) is 27.2. The summed E-state index contributed by atoms with van der Waals surface area (Å²) in [6, 6.07) is 15.2. The van der Waals surface area contributed by atoms with E-state index in [9.17, 15) is 19.8 Å². The van der Waals surface area contributed by atoms with Crippen molar-refractivity contribution in [3.05, 3.63) is 76.9 Å². The van der Waals surface area contributed by atoms with E-state index in [0.717, 1.165) is 0 Å². The van der Waals surface area contributed by atoms with Crippen LogP contribution in [0.2, 0.25) is 0 Å². The van der Waals surface area contributed by atoms with Gasteiger partial charge >= 0.3 is 12.1 Å². The van der Waals surface area contributed by atoms with Crippen LogP contribution in [0.25, 0.3) is 0 Å². The first-order valence-electron chi connectivity index (χ1n) is 20.5. The van der Waals surface area contributed by atoms with Gasteiger partial charge in [0.25, 0.3) is 0 Å². The minimum atomic E-state index is -1.52. The number of hydrogen-bond acceptors (Lipinski definition) is 11. The lowest BCUT2D eigenvalue weighted by Gasteiger charge is -2.69. The van der Waals surface area contributed by atoms with Crippen molar-refractivity contribution in [2.75, 3.05) is 27.4 Å². The van der Waals surface area contributed by atoms with Gasteiger partial charge in [-0.15, -0.1) is 0 Å². The highest BCUT2D eigenvalue weighted by molar-refractivity contribution is 5.91. The number of benzene rings is 2. The molecule has 0 spiro atoms. The van der Waals surface area contributed by atoms with Gasteiger partial charge in [-0.3, -0.25) is 9.69 Å². The average molecular weight is 804 g/mol. The molecule has 2 aromatic carbocycles. The SMILES string of the molecule is COc1ccc(C2OC(C(=O)OC3C[C@@]4(O)[C@H](C)[C@H]5C6(C)COC6C[C@@H](OC)[C@]5(C)C(=O)[C@H](CO)C(=C3C)C4(C)C)C(c3ccccc3)N2C(=O)OC(C)(C)C)cc1. The summed E-state index contributed by atoms with van der Waals surface area (Å²) in [6.07, 6.45) is -4.15. The Bertz CT molecular complexity index is 1940. The number of carbonyl (C=O) groups excluding carboxylic acids is 3. The summed E-state index contributed by atoms with van der Waals surface area (Å²) in [6.45, 7) is 17.0. The molecule has 7 rings (SSSR count). The van der Waals surface area contributed by atoms with Gasteiger partial charge in [-0.25, -0.2) is 9.59 Å². The summed E-state index contributed by atoms with van der Waals surface area (Å²) >= 11 is 0. The molecule has 2 saturated carbocycles. The molecule has 2 aliphatic heterocycles. The third-order valence-electron chi connectivity index (χ3n) is 14.6. The zero-order chi connectivity index (χ0) is 42.3. The van der Waals surface area contributed by atoms with Crippen molar-refractivity contribution in [1.29, 1.82) is 0 Å². The van der Waals surface area contributed by atoms with E-state index in [1.807, 2.05) is 65.0 Å². The molecule has 2 bridgehead atoms. The van der Waals surface area contributed by atoms with Gasteiger partial charge in [-0.1, -0.05) is 70.2 Å². The summed E-state index contributed by atoms with van der Waals surface area (Å²) in [5, 5.41) is 24.6. The van der Waals surface area contributed by atoms with Crippen LogP contribution >= 0.6 is 0 Å². The van der Waals surface area contributed by atoms with Crippen LogP contribution in [0.4, 0.5) is 4.79 Å². The summed E-state index contributed by atoms with van der Waals surface area (Å²) in [5.74, 6) is -2.19. The highest BCUT2D eigenvalue weighted by Gasteiger charge is 2.73. The van der Waals surface area contributed by atoms with Crippen molar-refractivity contribution in [3.8, 4) is 5.75 Å². The second kappa shape index (κ2) is 14.7. The number of methoxy groups -OCH3 is 2. The maximum absolute atomic E-state index is 15.2. The molecule has 2 N–H and O–H groups in total. The Morgan fingerprint density at radius 3 is 2.19 bits per heavy atom. The molecule has 4 fully saturated rings. The molecule has 316 valence electrons. The largest absolute Gasteiger partial charge is 0.497 e. The number of aliphatic hydroxyl groups excluding tert-OH is 1. The first-order valence-corrected chi connectivity index (χ1v) is 20.5. The molecule has 0 radical (unpaired) electrons. The molecule has 0 aromatic heterocycles. The lowest BCUT2D eigenvalue weighted by atomic mass is 9.40. The van der Waals surface area contributed by atoms with Crippen LogP contribution in [0.3, 0.4) is 0 Å². The zero-order valence-electron chi connectivity index (χ0n) is 35.7. The number of carbonyl (C=O) groups is 3. The first kappa shape index (κ1) is 42.3. The molecule has 12 nitrogen and oxygen atoms in total. The fourth-order valence-corrected chi connectivity index (χ4v) is 11.8. The number of nitrogens with zero attached hydrogens (tertiary/aromatic N) is 1. The van der Waals surface area contributed by atoms with Crippen LogP contribution in [-0.2, 0) is 33.3 Å². The normalized spacial score (nSPS) is 38.1. The van der Waals surface area contributed by atoms with E-state index in [2.05, 4.69) is 6.92 Å². The van der Waals surface area contributed by atoms with Crippen molar-refractivity contribution < 1.29 is 53.0 Å². The van der Waals surface area contributed by atoms with Gasteiger partial charge in [0, 0.05) is 36.3 Å². The number of ketones is 1. The summed E-state index contributed by atoms with van der Waals surface area (Å²) in [5.41, 5.74) is -2.53. The number of Topliss-reactive ketones (excluding diaryl/α,β-unsaturated/α-hetero) is 1. The number of aliphatic hydroxyl groups is 2. The molecule has 5 aliphatic rings. The van der Waals surface area contributed by atoms with Crippen molar-refractivity contribution >= 4 is 17.8 Å². The van der Waals surface area contributed by atoms with Crippen LogP contribution in [0.5, 0.6) is 5.75 Å². The van der Waals surface area contributed by atoms with Crippen LogP contribution in [0, 0.1) is 34.0 Å². The Balaban J connectivity index is 1.33. The highest BCUT2D eigenvalue weighted by Crippen LogP contribution is 2.68. The Hall–Kier alpha value is -3.81. The third-order valence-corrected chi connectivity index (χ3v) is 14.6. The Morgan fingerprint density at radius 1 is 0.983 bits per heavy atom. The number of amides is 1. The lowest BCUT2D eigenvalue weighted by Crippen LogP contribution is -2.75. The van der Waals surface area contributed by atoms with Gasteiger partial charge < -0.3 is 38.6 Å². The number of ether oxygens (including phenoxy) is 6. The second-order valence-corrected chi connectivity index (χ2v) is 19.1. The van der Waals surface area contributed by atoms with Gasteiger partial charge in [0.15, 0.2) is 18.1 Å². The summed E-state index contributed by atoms with van der Waals surface area (Å²) < 4.78 is 36.7. The molecule has 12 heteroatoms. The van der Waals surface area contributed by atoms with Crippen molar-refractivity contribution in [1.82, 2.24) is 4.90 Å². The maximum atomic E-state index is 15.2. The van der Waals surface area contributed by atoms with Gasteiger partial charge in [-0.2, -0.15) is 0 Å². The second-order valence-electron chi connectivity index (χ2n) is 19.1. The van der Waals surface area contributed by atoms with Gasteiger partial charge in [0.05, 0.1) is 49.5 Å². The van der Waals surface area contributed by atoms with Gasteiger partial charge in [0.1, 0.15) is 23.5 Å². The molecule has 2 heterocycles. The number of esters is 1. The molecule has 12 atom stereocenters. The fourth-order valence-electron chi connectivity index (χ4n) is 11.8.